The molecule has 116 valence electrons. The second-order valence-corrected chi connectivity index (χ2v) is 5.02. The second kappa shape index (κ2) is 7.20. The van der Waals surface area contributed by atoms with Crippen molar-refractivity contribution < 1.29 is 23.5 Å². The van der Waals surface area contributed by atoms with Crippen molar-refractivity contribution in [2.75, 3.05) is 13.2 Å². The van der Waals surface area contributed by atoms with Gasteiger partial charge in [-0.1, -0.05) is 6.07 Å². The Hall–Kier alpha value is -1.91. The lowest BCUT2D eigenvalue weighted by atomic mass is 9.82. The Morgan fingerprint density at radius 1 is 1.14 bits per heavy atom. The first kappa shape index (κ1) is 17.1. The van der Waals surface area contributed by atoms with Gasteiger partial charge in [0.1, 0.15) is 5.82 Å². The quantitative estimate of drug-likeness (QED) is 0.598. The van der Waals surface area contributed by atoms with E-state index in [-0.39, 0.29) is 19.6 Å². The van der Waals surface area contributed by atoms with E-state index in [9.17, 15) is 14.0 Å². The number of carbonyl (C=O) groups excluding carboxylic acids is 2. The molecule has 5 heteroatoms. The summed E-state index contributed by atoms with van der Waals surface area (Å²) in [5, 5.41) is 0. The Kier molecular flexibility index (Phi) is 5.88. The van der Waals surface area contributed by atoms with Crippen molar-refractivity contribution in [2.24, 2.45) is 5.41 Å². The smallest absolute Gasteiger partial charge is 0.323 e. The fourth-order valence-electron chi connectivity index (χ4n) is 2.02. The van der Waals surface area contributed by atoms with Gasteiger partial charge in [-0.3, -0.25) is 9.59 Å². The van der Waals surface area contributed by atoms with Crippen LogP contribution in [0.5, 0.6) is 0 Å². The summed E-state index contributed by atoms with van der Waals surface area (Å²) in [6.07, 6.45) is 0.0360. The molecule has 0 radical (unpaired) electrons. The molecule has 0 spiro atoms. The maximum absolute atomic E-state index is 13.4. The van der Waals surface area contributed by atoms with Crippen molar-refractivity contribution in [1.29, 1.82) is 0 Å². The summed E-state index contributed by atoms with van der Waals surface area (Å²) in [6.45, 7) is 6.92. The van der Waals surface area contributed by atoms with Gasteiger partial charge in [0, 0.05) is 0 Å². The van der Waals surface area contributed by atoms with E-state index in [2.05, 4.69) is 0 Å². The molecule has 1 aromatic carbocycles. The van der Waals surface area contributed by atoms with Gasteiger partial charge < -0.3 is 9.47 Å². The average Bonchev–Trinajstić information content (AvgIpc) is 2.43. The fraction of sp³-hybridized carbons (Fsp3) is 0.500. The third-order valence-corrected chi connectivity index (χ3v) is 3.31. The maximum Gasteiger partial charge on any atom is 0.323 e. The van der Waals surface area contributed by atoms with Gasteiger partial charge in [0.2, 0.25) is 0 Å². The van der Waals surface area contributed by atoms with Gasteiger partial charge in [-0.05, 0) is 57.4 Å². The van der Waals surface area contributed by atoms with Crippen LogP contribution in [0.2, 0.25) is 0 Å². The van der Waals surface area contributed by atoms with E-state index in [1.807, 2.05) is 0 Å². The van der Waals surface area contributed by atoms with E-state index in [4.69, 9.17) is 9.47 Å². The summed E-state index contributed by atoms with van der Waals surface area (Å²) in [7, 11) is 0. The first-order valence-corrected chi connectivity index (χ1v) is 6.94. The molecule has 0 N–H and O–H groups in total. The number of aryl methyl sites for hydroxylation is 1. The van der Waals surface area contributed by atoms with E-state index in [1.54, 1.807) is 26.8 Å². The number of esters is 2. The van der Waals surface area contributed by atoms with Crippen LogP contribution >= 0.6 is 0 Å². The highest BCUT2D eigenvalue weighted by molar-refractivity contribution is 6.00. The van der Waals surface area contributed by atoms with Crippen LogP contribution in [0.4, 0.5) is 4.39 Å². The summed E-state index contributed by atoms with van der Waals surface area (Å²) in [6, 6.07) is 4.28. The molecule has 1 aromatic rings. The molecule has 0 aromatic heterocycles. The first-order chi connectivity index (χ1) is 9.85. The molecule has 0 saturated heterocycles. The lowest BCUT2D eigenvalue weighted by molar-refractivity contribution is -0.170. The monoisotopic (exact) mass is 296 g/mol. The van der Waals surface area contributed by atoms with Gasteiger partial charge in [-0.2, -0.15) is 0 Å². The molecule has 21 heavy (non-hydrogen) atoms. The highest BCUT2D eigenvalue weighted by Crippen LogP contribution is 2.28. The van der Waals surface area contributed by atoms with Crippen molar-refractivity contribution in [3.8, 4) is 0 Å². The minimum absolute atomic E-state index is 0.0360. The van der Waals surface area contributed by atoms with Crippen molar-refractivity contribution in [1.82, 2.24) is 0 Å². The lowest BCUT2D eigenvalue weighted by Crippen LogP contribution is -2.41. The van der Waals surface area contributed by atoms with E-state index >= 15 is 0 Å². The zero-order chi connectivity index (χ0) is 16.0. The number of benzene rings is 1. The van der Waals surface area contributed by atoms with Gasteiger partial charge in [0.15, 0.2) is 5.41 Å². The normalized spacial score (nSPS) is 11.1. The van der Waals surface area contributed by atoms with Crippen LogP contribution in [0, 0.1) is 18.2 Å². The fourth-order valence-corrected chi connectivity index (χ4v) is 2.02. The average molecular weight is 296 g/mol. The highest BCUT2D eigenvalue weighted by atomic mass is 19.1. The van der Waals surface area contributed by atoms with E-state index in [0.717, 1.165) is 5.56 Å². The lowest BCUT2D eigenvalue weighted by Gasteiger charge is -2.25. The van der Waals surface area contributed by atoms with E-state index in [1.165, 1.54) is 19.1 Å². The van der Waals surface area contributed by atoms with Gasteiger partial charge in [0.25, 0.3) is 0 Å². The SMILES string of the molecule is CCOC(=O)C(C)(Cc1cc(F)ccc1C)C(=O)OCC. The van der Waals surface area contributed by atoms with E-state index < -0.39 is 23.2 Å². The van der Waals surface area contributed by atoms with Crippen molar-refractivity contribution >= 4 is 11.9 Å². The molecule has 0 heterocycles. The van der Waals surface area contributed by atoms with Crippen LogP contribution in [0.25, 0.3) is 0 Å². The summed E-state index contributed by atoms with van der Waals surface area (Å²) < 4.78 is 23.4. The minimum Gasteiger partial charge on any atom is -0.465 e. The standard InChI is InChI=1S/C16H21FO4/c1-5-20-14(18)16(4,15(19)21-6-2)10-12-9-13(17)8-7-11(12)3/h7-9H,5-6,10H2,1-4H3. The molecular weight excluding hydrogens is 275 g/mol. The maximum atomic E-state index is 13.4. The Bertz CT molecular complexity index is 507. The molecule has 0 bridgehead atoms. The third-order valence-electron chi connectivity index (χ3n) is 3.31. The molecule has 4 nitrogen and oxygen atoms in total. The van der Waals surface area contributed by atoms with Crippen LogP contribution < -0.4 is 0 Å². The summed E-state index contributed by atoms with van der Waals surface area (Å²) >= 11 is 0. The molecule has 0 unspecified atom stereocenters. The Morgan fingerprint density at radius 2 is 1.67 bits per heavy atom. The topological polar surface area (TPSA) is 52.6 Å². The molecule has 0 amide bonds. The number of carbonyl (C=O) groups is 2. The van der Waals surface area contributed by atoms with Crippen molar-refractivity contribution in [3.63, 3.8) is 0 Å². The Labute approximate surface area is 124 Å². The molecule has 0 aliphatic carbocycles. The molecule has 1 rings (SSSR count). The van der Waals surface area contributed by atoms with Crippen LogP contribution in [-0.4, -0.2) is 25.2 Å². The zero-order valence-electron chi connectivity index (χ0n) is 12.9. The van der Waals surface area contributed by atoms with Crippen molar-refractivity contribution in [3.05, 3.63) is 35.1 Å². The number of ether oxygens (including phenoxy) is 2. The minimum atomic E-state index is -1.48. The molecule has 0 aliphatic rings. The largest absolute Gasteiger partial charge is 0.465 e. The third kappa shape index (κ3) is 4.03. The number of rotatable bonds is 6. The zero-order valence-corrected chi connectivity index (χ0v) is 12.9. The summed E-state index contributed by atoms with van der Waals surface area (Å²) in [5.74, 6) is -1.73. The highest BCUT2D eigenvalue weighted by Gasteiger charge is 2.44. The first-order valence-electron chi connectivity index (χ1n) is 6.94. The summed E-state index contributed by atoms with van der Waals surface area (Å²) in [5.41, 5.74) is -0.0975. The van der Waals surface area contributed by atoms with Crippen LogP contribution in [0.1, 0.15) is 31.9 Å². The summed E-state index contributed by atoms with van der Waals surface area (Å²) in [4.78, 5) is 24.3. The van der Waals surface area contributed by atoms with Crippen molar-refractivity contribution in [2.45, 2.75) is 34.1 Å². The van der Waals surface area contributed by atoms with Crippen LogP contribution in [0.15, 0.2) is 18.2 Å². The predicted octanol–water partition coefficient (Wildman–Crippen LogP) is 2.81. The number of hydrogen-bond donors (Lipinski definition) is 0. The number of hydrogen-bond acceptors (Lipinski definition) is 4. The van der Waals surface area contributed by atoms with Crippen LogP contribution in [0.3, 0.4) is 0 Å². The van der Waals surface area contributed by atoms with Gasteiger partial charge in [-0.15, -0.1) is 0 Å². The van der Waals surface area contributed by atoms with Gasteiger partial charge >= 0.3 is 11.9 Å². The van der Waals surface area contributed by atoms with Gasteiger partial charge in [0.05, 0.1) is 13.2 Å². The number of halogens is 1. The molecule has 0 atom stereocenters. The molecular formula is C16H21FO4. The Morgan fingerprint density at radius 3 is 2.14 bits per heavy atom. The predicted molar refractivity (Wildman–Crippen MR) is 76.2 cm³/mol. The molecule has 0 aliphatic heterocycles. The molecule has 0 saturated carbocycles. The van der Waals surface area contributed by atoms with Crippen LogP contribution in [-0.2, 0) is 25.5 Å². The second-order valence-electron chi connectivity index (χ2n) is 5.02. The van der Waals surface area contributed by atoms with E-state index in [0.29, 0.717) is 5.56 Å². The molecule has 0 fully saturated rings. The van der Waals surface area contributed by atoms with Gasteiger partial charge in [-0.25, -0.2) is 4.39 Å². The Balaban J connectivity index is 3.15.